The summed E-state index contributed by atoms with van der Waals surface area (Å²) < 4.78 is 0. The van der Waals surface area contributed by atoms with Gasteiger partial charge in [0.15, 0.2) is 0 Å². The van der Waals surface area contributed by atoms with Crippen LogP contribution in [0, 0.1) is 0 Å². The molecule has 3 heteroatoms. The third kappa shape index (κ3) is 0.965. The van der Waals surface area contributed by atoms with E-state index < -0.39 is 0 Å². The van der Waals surface area contributed by atoms with Crippen molar-refractivity contribution in [1.29, 1.82) is 0 Å². The molecular formula is C7H8ClNS. The Labute approximate surface area is 69.0 Å². The van der Waals surface area contributed by atoms with Gasteiger partial charge in [-0.2, -0.15) is 0 Å². The van der Waals surface area contributed by atoms with Gasteiger partial charge in [0, 0.05) is 10.9 Å². The lowest BCUT2D eigenvalue weighted by Crippen LogP contribution is -2.34. The van der Waals surface area contributed by atoms with Crippen LogP contribution in [0.1, 0.15) is 17.3 Å². The van der Waals surface area contributed by atoms with Crippen LogP contribution in [0.4, 0.5) is 0 Å². The van der Waals surface area contributed by atoms with E-state index in [1.54, 1.807) is 11.3 Å². The van der Waals surface area contributed by atoms with E-state index in [2.05, 4.69) is 5.32 Å². The summed E-state index contributed by atoms with van der Waals surface area (Å²) in [4.78, 5) is 1.30. The number of nitrogens with one attached hydrogen (secondary N) is 1. The third-order valence-electron chi connectivity index (χ3n) is 1.79. The van der Waals surface area contributed by atoms with E-state index in [0.29, 0.717) is 6.04 Å². The molecule has 1 aromatic heterocycles. The maximum atomic E-state index is 5.92. The largest absolute Gasteiger partial charge is 0.309 e. The summed E-state index contributed by atoms with van der Waals surface area (Å²) in [6.07, 6.45) is 1.24. The first-order valence-electron chi connectivity index (χ1n) is 3.34. The van der Waals surface area contributed by atoms with Gasteiger partial charge in [-0.05, 0) is 24.4 Å². The van der Waals surface area contributed by atoms with Crippen molar-refractivity contribution < 1.29 is 0 Å². The molecule has 0 unspecified atom stereocenters. The van der Waals surface area contributed by atoms with Crippen LogP contribution in [-0.4, -0.2) is 6.54 Å². The normalized spacial score (nSPS) is 24.3. The molecule has 2 heterocycles. The van der Waals surface area contributed by atoms with Gasteiger partial charge >= 0.3 is 0 Å². The molecule has 0 aromatic carbocycles. The van der Waals surface area contributed by atoms with E-state index in [1.165, 1.54) is 11.3 Å². The van der Waals surface area contributed by atoms with Crippen molar-refractivity contribution in [3.8, 4) is 0 Å². The number of halogens is 1. The van der Waals surface area contributed by atoms with Crippen LogP contribution in [0.5, 0.6) is 0 Å². The Morgan fingerprint density at radius 2 is 2.50 bits per heavy atom. The molecule has 0 radical (unpaired) electrons. The molecule has 1 atom stereocenters. The molecule has 54 valence electrons. The first-order chi connectivity index (χ1) is 4.88. The van der Waals surface area contributed by atoms with Crippen molar-refractivity contribution in [2.45, 2.75) is 12.5 Å². The molecule has 1 aliphatic rings. The molecule has 1 aliphatic heterocycles. The van der Waals surface area contributed by atoms with Crippen LogP contribution >= 0.6 is 22.9 Å². The predicted molar refractivity (Wildman–Crippen MR) is 44.7 cm³/mol. The molecule has 1 saturated heterocycles. The summed E-state index contributed by atoms with van der Waals surface area (Å²) in [6, 6.07) is 2.51. The van der Waals surface area contributed by atoms with Gasteiger partial charge in [-0.15, -0.1) is 11.3 Å². The Kier molecular flexibility index (Phi) is 1.68. The highest BCUT2D eigenvalue weighted by atomic mass is 35.5. The number of rotatable bonds is 1. The fourth-order valence-corrected chi connectivity index (χ4v) is 2.37. The van der Waals surface area contributed by atoms with Crippen LogP contribution in [0.25, 0.3) is 0 Å². The summed E-state index contributed by atoms with van der Waals surface area (Å²) in [7, 11) is 0. The highest BCUT2D eigenvalue weighted by molar-refractivity contribution is 7.10. The second-order valence-corrected chi connectivity index (χ2v) is 3.78. The third-order valence-corrected chi connectivity index (χ3v) is 3.26. The first-order valence-corrected chi connectivity index (χ1v) is 4.60. The number of thiophene rings is 1. The Morgan fingerprint density at radius 3 is 2.90 bits per heavy atom. The Hall–Kier alpha value is -0.0500. The maximum absolute atomic E-state index is 5.92. The van der Waals surface area contributed by atoms with Gasteiger partial charge in [0.25, 0.3) is 0 Å². The lowest BCUT2D eigenvalue weighted by atomic mass is 10.1. The monoisotopic (exact) mass is 173 g/mol. The first kappa shape index (κ1) is 6.65. The second-order valence-electron chi connectivity index (χ2n) is 2.43. The maximum Gasteiger partial charge on any atom is 0.0561 e. The smallest absolute Gasteiger partial charge is 0.0561 e. The summed E-state index contributed by atoms with van der Waals surface area (Å²) >= 11 is 7.66. The molecule has 2 rings (SSSR count). The molecule has 1 fully saturated rings. The zero-order valence-electron chi connectivity index (χ0n) is 5.43. The minimum Gasteiger partial charge on any atom is -0.309 e. The Balaban J connectivity index is 2.23. The van der Waals surface area contributed by atoms with Crippen molar-refractivity contribution in [3.63, 3.8) is 0 Å². The van der Waals surface area contributed by atoms with E-state index >= 15 is 0 Å². The van der Waals surface area contributed by atoms with E-state index in [0.717, 1.165) is 11.6 Å². The van der Waals surface area contributed by atoms with Gasteiger partial charge in [-0.25, -0.2) is 0 Å². The quantitative estimate of drug-likeness (QED) is 0.688. The standard InChI is InChI=1S/C7H8ClNS/c8-5-2-4-10-7(5)6-1-3-9-6/h2,4,6,9H,1,3H2/t6-/m0/s1. The minimum atomic E-state index is 0.549. The molecule has 0 spiro atoms. The summed E-state index contributed by atoms with van der Waals surface area (Å²) in [5.41, 5.74) is 0. The van der Waals surface area contributed by atoms with Crippen LogP contribution in [0.15, 0.2) is 11.4 Å². The van der Waals surface area contributed by atoms with E-state index in [4.69, 9.17) is 11.6 Å². The SMILES string of the molecule is Clc1ccsc1[C@@H]1CCN1. The van der Waals surface area contributed by atoms with Gasteiger partial charge in [0.1, 0.15) is 0 Å². The van der Waals surface area contributed by atoms with Crippen molar-refractivity contribution >= 4 is 22.9 Å². The topological polar surface area (TPSA) is 12.0 Å². The van der Waals surface area contributed by atoms with Gasteiger partial charge in [0.05, 0.1) is 5.02 Å². The molecule has 1 N–H and O–H groups in total. The average molecular weight is 174 g/mol. The molecule has 0 bridgehead atoms. The van der Waals surface area contributed by atoms with Crippen molar-refractivity contribution in [1.82, 2.24) is 5.32 Å². The molecular weight excluding hydrogens is 166 g/mol. The van der Waals surface area contributed by atoms with Crippen LogP contribution < -0.4 is 5.32 Å². The number of hydrogen-bond acceptors (Lipinski definition) is 2. The summed E-state index contributed by atoms with van der Waals surface area (Å²) in [6.45, 7) is 1.14. The van der Waals surface area contributed by atoms with Crippen molar-refractivity contribution in [2.75, 3.05) is 6.54 Å². The van der Waals surface area contributed by atoms with Crippen LogP contribution in [0.2, 0.25) is 5.02 Å². The lowest BCUT2D eigenvalue weighted by molar-refractivity contribution is 0.389. The zero-order valence-corrected chi connectivity index (χ0v) is 7.00. The van der Waals surface area contributed by atoms with Gasteiger partial charge < -0.3 is 5.32 Å². The highest BCUT2D eigenvalue weighted by Gasteiger charge is 2.21. The van der Waals surface area contributed by atoms with Crippen molar-refractivity contribution in [2.24, 2.45) is 0 Å². The van der Waals surface area contributed by atoms with E-state index in [-0.39, 0.29) is 0 Å². The second kappa shape index (κ2) is 2.53. The predicted octanol–water partition coefficient (Wildman–Crippen LogP) is 2.44. The number of hydrogen-bond donors (Lipinski definition) is 1. The molecule has 0 amide bonds. The minimum absolute atomic E-state index is 0.549. The molecule has 1 nitrogen and oxygen atoms in total. The van der Waals surface area contributed by atoms with E-state index in [1.807, 2.05) is 11.4 Å². The highest BCUT2D eigenvalue weighted by Crippen LogP contribution is 2.33. The lowest BCUT2D eigenvalue weighted by Gasteiger charge is -2.26. The fraction of sp³-hybridized carbons (Fsp3) is 0.429. The summed E-state index contributed by atoms with van der Waals surface area (Å²) in [5, 5.41) is 6.27. The van der Waals surface area contributed by atoms with Gasteiger partial charge in [0.2, 0.25) is 0 Å². The van der Waals surface area contributed by atoms with Gasteiger partial charge in [-0.3, -0.25) is 0 Å². The van der Waals surface area contributed by atoms with Crippen LogP contribution in [-0.2, 0) is 0 Å². The Morgan fingerprint density at radius 1 is 1.70 bits per heavy atom. The zero-order chi connectivity index (χ0) is 6.97. The van der Waals surface area contributed by atoms with E-state index in [9.17, 15) is 0 Å². The molecule has 10 heavy (non-hydrogen) atoms. The molecule has 0 saturated carbocycles. The Bertz CT molecular complexity index is 229. The average Bonchev–Trinajstić information content (AvgIpc) is 2.12. The molecule has 0 aliphatic carbocycles. The molecule has 1 aromatic rings. The van der Waals surface area contributed by atoms with Gasteiger partial charge in [-0.1, -0.05) is 11.6 Å². The van der Waals surface area contributed by atoms with Crippen LogP contribution in [0.3, 0.4) is 0 Å². The van der Waals surface area contributed by atoms with Crippen molar-refractivity contribution in [3.05, 3.63) is 21.3 Å². The fourth-order valence-electron chi connectivity index (χ4n) is 1.07. The summed E-state index contributed by atoms with van der Waals surface area (Å²) in [5.74, 6) is 0.